The van der Waals surface area contributed by atoms with E-state index in [1.54, 1.807) is 6.07 Å². The summed E-state index contributed by atoms with van der Waals surface area (Å²) in [6, 6.07) is 72.7. The fourth-order valence-corrected chi connectivity index (χ4v) is 10.4. The van der Waals surface area contributed by atoms with Crippen LogP contribution < -0.4 is 0 Å². The van der Waals surface area contributed by atoms with Gasteiger partial charge in [0.05, 0.1) is 12.0 Å². The number of benzene rings is 9. The lowest BCUT2D eigenvalue weighted by Crippen LogP contribution is -2.25. The van der Waals surface area contributed by atoms with E-state index in [0.29, 0.717) is 23.2 Å². The van der Waals surface area contributed by atoms with Gasteiger partial charge in [-0.1, -0.05) is 176 Å². The van der Waals surface area contributed by atoms with Crippen molar-refractivity contribution in [3.05, 3.63) is 240 Å². The molecule has 0 fully saturated rings. The van der Waals surface area contributed by atoms with Crippen LogP contribution in [0.4, 0.5) is 5.69 Å². The minimum atomic E-state index is -0.371. The first kappa shape index (κ1) is 36.0. The van der Waals surface area contributed by atoms with E-state index < -0.39 is 0 Å². The van der Waals surface area contributed by atoms with Gasteiger partial charge in [0.15, 0.2) is 23.2 Å². The summed E-state index contributed by atoms with van der Waals surface area (Å²) in [5, 5.41) is 1.80. The third kappa shape index (κ3) is 5.27. The maximum absolute atomic E-state index is 7.54. The monoisotopic (exact) mass is 814 g/mol. The van der Waals surface area contributed by atoms with E-state index in [9.17, 15) is 0 Å². The summed E-state index contributed by atoms with van der Waals surface area (Å²) >= 11 is 0. The van der Waals surface area contributed by atoms with Crippen molar-refractivity contribution in [3.8, 4) is 78.7 Å². The van der Waals surface area contributed by atoms with Gasteiger partial charge in [0.2, 0.25) is 0 Å². The quantitative estimate of drug-likeness (QED) is 0.162. The number of rotatable bonds is 5. The third-order valence-electron chi connectivity index (χ3n) is 13.2. The summed E-state index contributed by atoms with van der Waals surface area (Å²) in [5.74, 6) is 1.74. The Balaban J connectivity index is 0.865. The maximum Gasteiger partial charge on any atom is 0.188 e. The average molecular weight is 815 g/mol. The average Bonchev–Trinajstić information content (AvgIpc) is 4.00. The minimum Gasteiger partial charge on any atom is -0.456 e. The maximum atomic E-state index is 7.54. The molecule has 11 aromatic rings. The third-order valence-corrected chi connectivity index (χ3v) is 13.2. The molecule has 0 unspecified atom stereocenters. The standard InChI is InChI=1S/C59H34N4O/c1-60-42-31-33-54-48(35-42)47-34-41(30-32-53(47)64-54)58-62-56(39-12-3-2-4-13-39)61-57(63-58)40-28-24-37(25-29-40)36-22-26-38(27-23-36)43-17-11-21-52-55(43)46-16-7-10-20-51(46)59(52)49-18-8-5-14-44(49)45-15-6-9-19-50(45)59/h2-35H. The minimum absolute atomic E-state index is 0.371. The van der Waals surface area contributed by atoms with Crippen molar-refractivity contribution in [1.82, 2.24) is 15.0 Å². The summed E-state index contributed by atoms with van der Waals surface area (Å²) in [6.45, 7) is 7.54. The van der Waals surface area contributed by atoms with Crippen molar-refractivity contribution in [2.24, 2.45) is 0 Å². The first-order valence-corrected chi connectivity index (χ1v) is 21.5. The molecule has 0 amide bonds. The molecular formula is C59H34N4O. The molecule has 0 saturated carbocycles. The molecule has 0 saturated heterocycles. The van der Waals surface area contributed by atoms with Gasteiger partial charge in [-0.2, -0.15) is 0 Å². The van der Waals surface area contributed by atoms with E-state index >= 15 is 0 Å². The fourth-order valence-electron chi connectivity index (χ4n) is 10.4. The van der Waals surface area contributed by atoms with Crippen molar-refractivity contribution in [1.29, 1.82) is 0 Å². The molecule has 64 heavy (non-hydrogen) atoms. The second kappa shape index (κ2) is 13.9. The van der Waals surface area contributed by atoms with Gasteiger partial charge in [-0.25, -0.2) is 19.8 Å². The topological polar surface area (TPSA) is 56.2 Å². The van der Waals surface area contributed by atoms with Crippen LogP contribution in [0.2, 0.25) is 0 Å². The van der Waals surface area contributed by atoms with Gasteiger partial charge in [-0.3, -0.25) is 0 Å². The lowest BCUT2D eigenvalue weighted by molar-refractivity contribution is 0.669. The van der Waals surface area contributed by atoms with E-state index in [4.69, 9.17) is 25.9 Å². The molecule has 13 rings (SSSR count). The van der Waals surface area contributed by atoms with E-state index in [1.807, 2.05) is 60.7 Å². The molecule has 2 aromatic heterocycles. The van der Waals surface area contributed by atoms with Crippen LogP contribution in [0.15, 0.2) is 211 Å². The number of fused-ring (bicyclic) bond motifs is 13. The van der Waals surface area contributed by atoms with Gasteiger partial charge >= 0.3 is 0 Å². The van der Waals surface area contributed by atoms with Crippen molar-refractivity contribution in [2.45, 2.75) is 5.41 Å². The Labute approximate surface area is 369 Å². The van der Waals surface area contributed by atoms with Crippen molar-refractivity contribution >= 4 is 27.6 Å². The van der Waals surface area contributed by atoms with Crippen molar-refractivity contribution in [2.75, 3.05) is 0 Å². The highest BCUT2D eigenvalue weighted by Crippen LogP contribution is 2.64. The van der Waals surface area contributed by atoms with Crippen molar-refractivity contribution < 1.29 is 4.42 Å². The summed E-state index contributed by atoms with van der Waals surface area (Å²) in [6.07, 6.45) is 0. The van der Waals surface area contributed by atoms with Gasteiger partial charge in [0.1, 0.15) is 11.2 Å². The molecule has 5 nitrogen and oxygen atoms in total. The van der Waals surface area contributed by atoms with Crippen LogP contribution in [-0.4, -0.2) is 15.0 Å². The van der Waals surface area contributed by atoms with E-state index in [0.717, 1.165) is 49.8 Å². The van der Waals surface area contributed by atoms with Crippen molar-refractivity contribution in [3.63, 3.8) is 0 Å². The Morgan fingerprint density at radius 1 is 0.359 bits per heavy atom. The zero-order valence-corrected chi connectivity index (χ0v) is 34.3. The normalized spacial score (nSPS) is 12.8. The van der Waals surface area contributed by atoms with E-state index in [1.165, 1.54) is 55.6 Å². The lowest BCUT2D eigenvalue weighted by atomic mass is 9.70. The molecule has 0 N–H and O–H groups in total. The molecule has 2 aliphatic rings. The Hall–Kier alpha value is -8.72. The second-order valence-electron chi connectivity index (χ2n) is 16.5. The molecule has 1 spiro atoms. The smallest absolute Gasteiger partial charge is 0.188 e. The number of nitrogens with zero attached hydrogens (tertiary/aromatic N) is 4. The van der Waals surface area contributed by atoms with E-state index in [-0.39, 0.29) is 5.41 Å². The van der Waals surface area contributed by atoms with Crippen LogP contribution in [-0.2, 0) is 5.41 Å². The lowest BCUT2D eigenvalue weighted by Gasteiger charge is -2.30. The van der Waals surface area contributed by atoms with Gasteiger partial charge in [-0.05, 0) is 97.1 Å². The van der Waals surface area contributed by atoms with Gasteiger partial charge in [0, 0.05) is 27.5 Å². The fraction of sp³-hybridized carbons (Fsp3) is 0.0169. The van der Waals surface area contributed by atoms with Crippen LogP contribution >= 0.6 is 0 Å². The highest BCUT2D eigenvalue weighted by atomic mass is 16.3. The molecule has 0 radical (unpaired) electrons. The van der Waals surface area contributed by atoms with Crippen LogP contribution in [0.3, 0.4) is 0 Å². The molecule has 9 aromatic carbocycles. The SMILES string of the molecule is [C-]#[N+]c1ccc2oc3ccc(-c4nc(-c5ccccc5)nc(-c5ccc(-c6ccc(-c7cccc8c7-c7ccccc7C87c8ccccc8-c8ccccc87)cc6)cc5)n4)cc3c2c1. The van der Waals surface area contributed by atoms with Crippen LogP contribution in [0.1, 0.15) is 22.3 Å². The first-order valence-electron chi connectivity index (χ1n) is 21.5. The zero-order chi connectivity index (χ0) is 42.4. The molecule has 0 aliphatic heterocycles. The number of aromatic nitrogens is 3. The van der Waals surface area contributed by atoms with Crippen LogP contribution in [0, 0.1) is 6.57 Å². The first-order chi connectivity index (χ1) is 31.7. The Kier molecular flexibility index (Phi) is 7.82. The summed E-state index contributed by atoms with van der Waals surface area (Å²) in [5.41, 5.74) is 19.6. The molecule has 5 heteroatoms. The summed E-state index contributed by atoms with van der Waals surface area (Å²) in [7, 11) is 0. The molecule has 2 heterocycles. The Morgan fingerprint density at radius 2 is 0.812 bits per heavy atom. The molecule has 2 aliphatic carbocycles. The number of furan rings is 1. The predicted octanol–water partition coefficient (Wildman–Crippen LogP) is 15.0. The molecular weight excluding hydrogens is 781 g/mol. The molecule has 296 valence electrons. The highest BCUT2D eigenvalue weighted by Gasteiger charge is 2.51. The Morgan fingerprint density at radius 3 is 1.45 bits per heavy atom. The summed E-state index contributed by atoms with van der Waals surface area (Å²) < 4.78 is 6.12. The number of hydrogen-bond donors (Lipinski definition) is 0. The van der Waals surface area contributed by atoms with Gasteiger partial charge in [-0.15, -0.1) is 0 Å². The Bertz CT molecular complexity index is 3680. The second-order valence-corrected chi connectivity index (χ2v) is 16.5. The predicted molar refractivity (Wildman–Crippen MR) is 257 cm³/mol. The molecule has 0 atom stereocenters. The summed E-state index contributed by atoms with van der Waals surface area (Å²) in [4.78, 5) is 18.7. The van der Waals surface area contributed by atoms with E-state index in [2.05, 4.69) is 144 Å². The van der Waals surface area contributed by atoms with Crippen LogP contribution in [0.5, 0.6) is 0 Å². The van der Waals surface area contributed by atoms with Crippen LogP contribution in [0.25, 0.3) is 105 Å². The van der Waals surface area contributed by atoms with Gasteiger partial charge in [0.25, 0.3) is 0 Å². The highest BCUT2D eigenvalue weighted by molar-refractivity contribution is 6.07. The van der Waals surface area contributed by atoms with Gasteiger partial charge < -0.3 is 4.42 Å². The molecule has 0 bridgehead atoms. The zero-order valence-electron chi connectivity index (χ0n) is 34.3. The number of hydrogen-bond acceptors (Lipinski definition) is 4. The largest absolute Gasteiger partial charge is 0.456 e.